The zero-order chi connectivity index (χ0) is 14.2. The highest BCUT2D eigenvalue weighted by Crippen LogP contribution is 2.51. The molecule has 1 aromatic rings. The Morgan fingerprint density at radius 2 is 1.28 bits per heavy atom. The molecule has 0 unspecified atom stereocenters. The molecule has 1 aromatic carbocycles. The number of hydrogen-bond acceptors (Lipinski definition) is 0. The Kier molecular flexibility index (Phi) is 3.65. The lowest BCUT2D eigenvalue weighted by Gasteiger charge is -2.28. The van der Waals surface area contributed by atoms with Crippen molar-refractivity contribution in [2.75, 3.05) is 0 Å². The lowest BCUT2D eigenvalue weighted by atomic mass is 10.00. The predicted octanol–water partition coefficient (Wildman–Crippen LogP) is 4.54. The zero-order valence-corrected chi connectivity index (χ0v) is 9.16. The van der Waals surface area contributed by atoms with E-state index in [2.05, 4.69) is 0 Å². The first kappa shape index (κ1) is 14.8. The number of halogens is 7. The van der Waals surface area contributed by atoms with E-state index in [9.17, 15) is 30.7 Å². The molecule has 0 amide bonds. The molecule has 0 nitrogen and oxygen atoms in total. The van der Waals surface area contributed by atoms with E-state index in [-0.39, 0.29) is 0 Å². The van der Waals surface area contributed by atoms with Gasteiger partial charge in [-0.3, -0.25) is 0 Å². The van der Waals surface area contributed by atoms with Gasteiger partial charge in [0.1, 0.15) is 0 Å². The van der Waals surface area contributed by atoms with Gasteiger partial charge < -0.3 is 0 Å². The van der Waals surface area contributed by atoms with Gasteiger partial charge in [0, 0.05) is 5.56 Å². The fourth-order valence-electron chi connectivity index (χ4n) is 1.31. The topological polar surface area (TPSA) is 0 Å². The van der Waals surface area contributed by atoms with Crippen LogP contribution in [0.25, 0.3) is 0 Å². The van der Waals surface area contributed by atoms with E-state index in [0.717, 1.165) is 12.1 Å². The van der Waals surface area contributed by atoms with Gasteiger partial charge in [0.2, 0.25) is 0 Å². The van der Waals surface area contributed by atoms with Crippen molar-refractivity contribution < 1.29 is 30.7 Å². The fourth-order valence-corrected chi connectivity index (χ4v) is 1.31. The molecule has 18 heavy (non-hydrogen) atoms. The van der Waals surface area contributed by atoms with Crippen molar-refractivity contribution in [2.45, 2.75) is 31.4 Å². The van der Waals surface area contributed by atoms with Gasteiger partial charge >= 0.3 is 18.0 Å². The van der Waals surface area contributed by atoms with Crippen LogP contribution in [0.3, 0.4) is 0 Å². The first-order valence-electron chi connectivity index (χ1n) is 4.95. The fraction of sp³-hybridized carbons (Fsp3) is 0.455. The molecule has 0 radical (unpaired) electrons. The highest BCUT2D eigenvalue weighted by Gasteiger charge is 2.73. The molecule has 0 aliphatic carbocycles. The molecule has 102 valence electrons. The van der Waals surface area contributed by atoms with E-state index in [4.69, 9.17) is 0 Å². The van der Waals surface area contributed by atoms with Crippen LogP contribution < -0.4 is 0 Å². The van der Waals surface area contributed by atoms with Gasteiger partial charge in [0.05, 0.1) is 0 Å². The molecule has 0 aliphatic heterocycles. The maximum atomic E-state index is 13.2. The summed E-state index contributed by atoms with van der Waals surface area (Å²) in [5, 5.41) is 0. The van der Waals surface area contributed by atoms with E-state index in [0.29, 0.717) is 24.1 Å². The summed E-state index contributed by atoms with van der Waals surface area (Å²) >= 11 is 0. The molecule has 0 N–H and O–H groups in total. The highest BCUT2D eigenvalue weighted by molar-refractivity contribution is 5.28. The summed E-state index contributed by atoms with van der Waals surface area (Å²) in [5.41, 5.74) is -0.799. The van der Waals surface area contributed by atoms with Crippen molar-refractivity contribution in [1.29, 1.82) is 0 Å². The standard InChI is InChI=1S/C11H9F7/c1-2-7-3-5-8(6-4-7)9(12,13)10(14,15)11(16,17)18/h3-6H,2H2,1H3. The Bertz CT molecular complexity index is 402. The van der Waals surface area contributed by atoms with Crippen molar-refractivity contribution in [2.24, 2.45) is 0 Å². The maximum absolute atomic E-state index is 13.2. The molecular weight excluding hydrogens is 265 g/mol. The van der Waals surface area contributed by atoms with Gasteiger partial charge in [0.15, 0.2) is 0 Å². The molecule has 0 fully saturated rings. The third kappa shape index (κ3) is 2.30. The predicted molar refractivity (Wildman–Crippen MR) is 50.7 cm³/mol. The summed E-state index contributed by atoms with van der Waals surface area (Å²) < 4.78 is 87.6. The minimum atomic E-state index is -6.31. The molecular formula is C11H9F7. The third-order valence-electron chi connectivity index (χ3n) is 2.48. The van der Waals surface area contributed by atoms with Crippen LogP contribution in [0.2, 0.25) is 0 Å². The molecule has 7 heteroatoms. The number of alkyl halides is 7. The second kappa shape index (κ2) is 4.44. The van der Waals surface area contributed by atoms with Crippen molar-refractivity contribution in [3.8, 4) is 0 Å². The second-order valence-electron chi connectivity index (χ2n) is 3.70. The van der Waals surface area contributed by atoms with Crippen LogP contribution in [0.1, 0.15) is 18.1 Å². The molecule has 0 heterocycles. The van der Waals surface area contributed by atoms with Crippen molar-refractivity contribution in [3.63, 3.8) is 0 Å². The summed E-state index contributed by atoms with van der Waals surface area (Å²) in [5.74, 6) is -11.4. The average Bonchev–Trinajstić information content (AvgIpc) is 2.27. The van der Waals surface area contributed by atoms with Crippen LogP contribution in [0, 0.1) is 0 Å². The first-order chi connectivity index (χ1) is 8.04. The van der Waals surface area contributed by atoms with E-state index >= 15 is 0 Å². The van der Waals surface area contributed by atoms with Gasteiger partial charge in [-0.05, 0) is 12.0 Å². The van der Waals surface area contributed by atoms with E-state index in [1.807, 2.05) is 0 Å². The Balaban J connectivity index is 3.19. The normalized spacial score (nSPS) is 13.8. The minimum Gasteiger partial charge on any atom is -0.194 e. The highest BCUT2D eigenvalue weighted by atomic mass is 19.4. The molecule has 0 aromatic heterocycles. The Morgan fingerprint density at radius 1 is 0.833 bits per heavy atom. The van der Waals surface area contributed by atoms with Crippen LogP contribution >= 0.6 is 0 Å². The van der Waals surface area contributed by atoms with Crippen LogP contribution in [0.5, 0.6) is 0 Å². The molecule has 0 saturated carbocycles. The van der Waals surface area contributed by atoms with Gasteiger partial charge in [-0.15, -0.1) is 0 Å². The lowest BCUT2D eigenvalue weighted by Crippen LogP contribution is -2.50. The van der Waals surface area contributed by atoms with Crippen LogP contribution in [-0.2, 0) is 12.3 Å². The van der Waals surface area contributed by atoms with Gasteiger partial charge in [-0.25, -0.2) is 0 Å². The second-order valence-corrected chi connectivity index (χ2v) is 3.70. The quantitative estimate of drug-likeness (QED) is 0.710. The number of rotatable bonds is 3. The lowest BCUT2D eigenvalue weighted by molar-refractivity contribution is -0.359. The molecule has 0 aliphatic rings. The molecule has 1 rings (SSSR count). The summed E-state index contributed by atoms with van der Waals surface area (Å²) in [4.78, 5) is 0. The molecule has 0 atom stereocenters. The van der Waals surface area contributed by atoms with Crippen molar-refractivity contribution in [3.05, 3.63) is 35.4 Å². The Morgan fingerprint density at radius 3 is 1.61 bits per heavy atom. The largest absolute Gasteiger partial charge is 0.460 e. The van der Waals surface area contributed by atoms with Crippen molar-refractivity contribution in [1.82, 2.24) is 0 Å². The van der Waals surface area contributed by atoms with Gasteiger partial charge in [-0.2, -0.15) is 30.7 Å². The van der Waals surface area contributed by atoms with E-state index in [1.54, 1.807) is 6.92 Å². The molecule has 0 saturated heterocycles. The smallest absolute Gasteiger partial charge is 0.194 e. The van der Waals surface area contributed by atoms with E-state index < -0.39 is 23.6 Å². The number of aryl methyl sites for hydroxylation is 1. The van der Waals surface area contributed by atoms with Crippen LogP contribution in [-0.4, -0.2) is 12.1 Å². The maximum Gasteiger partial charge on any atom is 0.460 e. The van der Waals surface area contributed by atoms with Crippen LogP contribution in [0.4, 0.5) is 30.7 Å². The summed E-state index contributed by atoms with van der Waals surface area (Å²) in [7, 11) is 0. The minimum absolute atomic E-state index is 0.460. The average molecular weight is 274 g/mol. The van der Waals surface area contributed by atoms with Gasteiger partial charge in [-0.1, -0.05) is 31.2 Å². The molecule has 0 spiro atoms. The summed E-state index contributed by atoms with van der Waals surface area (Å²) in [6.07, 6.45) is -5.85. The SMILES string of the molecule is CCc1ccc(C(F)(F)C(F)(F)C(F)(F)F)cc1. The Labute approximate surface area is 98.4 Å². The van der Waals surface area contributed by atoms with Crippen LogP contribution in [0.15, 0.2) is 24.3 Å². The number of hydrogen-bond donors (Lipinski definition) is 0. The van der Waals surface area contributed by atoms with Gasteiger partial charge in [0.25, 0.3) is 0 Å². The first-order valence-corrected chi connectivity index (χ1v) is 4.95. The summed E-state index contributed by atoms with van der Waals surface area (Å²) in [6, 6.07) is 3.35. The number of benzene rings is 1. The molecule has 0 bridgehead atoms. The summed E-state index contributed by atoms with van der Waals surface area (Å²) in [6.45, 7) is 1.69. The zero-order valence-electron chi connectivity index (χ0n) is 9.16. The van der Waals surface area contributed by atoms with Crippen molar-refractivity contribution >= 4 is 0 Å². The Hall–Kier alpha value is -1.27. The third-order valence-corrected chi connectivity index (χ3v) is 2.48. The van der Waals surface area contributed by atoms with E-state index in [1.165, 1.54) is 0 Å². The monoisotopic (exact) mass is 274 g/mol.